The molecule has 1 rings (SSSR count). The van der Waals surface area contributed by atoms with Gasteiger partial charge >= 0.3 is 5.97 Å². The van der Waals surface area contributed by atoms with Crippen molar-refractivity contribution in [3.63, 3.8) is 0 Å². The molecule has 0 bridgehead atoms. The Kier molecular flexibility index (Phi) is 12.4. The lowest BCUT2D eigenvalue weighted by molar-refractivity contribution is -0.137. The van der Waals surface area contributed by atoms with E-state index in [1.807, 2.05) is 12.2 Å². The summed E-state index contributed by atoms with van der Waals surface area (Å²) in [6.07, 6.45) is 15.4. The highest BCUT2D eigenvalue weighted by Gasteiger charge is 2.35. The number of ether oxygens (including phenoxy) is 1. The van der Waals surface area contributed by atoms with E-state index in [-0.39, 0.29) is 12.8 Å². The number of aliphatic hydroxyl groups is 3. The van der Waals surface area contributed by atoms with Gasteiger partial charge in [-0.05, 0) is 32.1 Å². The van der Waals surface area contributed by atoms with Crippen LogP contribution in [0.4, 0.5) is 0 Å². The van der Waals surface area contributed by atoms with Crippen LogP contribution in [0.1, 0.15) is 51.9 Å². The standard InChI is InChI=1S/C22H34O6/c1-2-3-4-5-6-7-8-9-10-11-18(24)21-16-19(25)20(28-21)14-12-17(23)13-15-22(26)27/h3-4,6-7,9-10,12,14,17-21,23-25H,2,5,8,11,13,15-16H2,1H3,(H,26,27)/b4-3-,7-6-,10-9-,14-12+/t17-,18-,19-,20+,21+/m0/s1. The van der Waals surface area contributed by atoms with E-state index in [0.717, 1.165) is 19.3 Å². The van der Waals surface area contributed by atoms with Gasteiger partial charge < -0.3 is 25.2 Å². The zero-order valence-electron chi connectivity index (χ0n) is 16.6. The van der Waals surface area contributed by atoms with Crippen LogP contribution >= 0.6 is 0 Å². The molecular weight excluding hydrogens is 360 g/mol. The number of hydrogen-bond donors (Lipinski definition) is 4. The molecule has 0 aromatic rings. The molecule has 1 saturated heterocycles. The highest BCUT2D eigenvalue weighted by atomic mass is 16.5. The van der Waals surface area contributed by atoms with Gasteiger partial charge in [-0.3, -0.25) is 4.79 Å². The third-order valence-corrected chi connectivity index (χ3v) is 4.45. The van der Waals surface area contributed by atoms with Gasteiger partial charge in [-0.1, -0.05) is 55.5 Å². The summed E-state index contributed by atoms with van der Waals surface area (Å²) in [7, 11) is 0. The summed E-state index contributed by atoms with van der Waals surface area (Å²) < 4.78 is 5.67. The number of carbonyl (C=O) groups is 1. The van der Waals surface area contributed by atoms with E-state index in [1.165, 1.54) is 12.2 Å². The van der Waals surface area contributed by atoms with Crippen LogP contribution in [0.2, 0.25) is 0 Å². The Balaban J connectivity index is 2.31. The Morgan fingerprint density at radius 1 is 1.11 bits per heavy atom. The molecule has 1 heterocycles. The van der Waals surface area contributed by atoms with E-state index < -0.39 is 36.5 Å². The van der Waals surface area contributed by atoms with Crippen LogP contribution < -0.4 is 0 Å². The van der Waals surface area contributed by atoms with Crippen LogP contribution in [-0.2, 0) is 9.53 Å². The van der Waals surface area contributed by atoms with Crippen LogP contribution in [-0.4, -0.2) is 56.9 Å². The lowest BCUT2D eigenvalue weighted by Crippen LogP contribution is -2.25. The van der Waals surface area contributed by atoms with Crippen molar-refractivity contribution in [2.24, 2.45) is 0 Å². The lowest BCUT2D eigenvalue weighted by Gasteiger charge is -2.16. The Morgan fingerprint density at radius 3 is 2.39 bits per heavy atom. The molecule has 1 aliphatic rings. The monoisotopic (exact) mass is 394 g/mol. The predicted octanol–water partition coefficient (Wildman–Crippen LogP) is 2.90. The molecule has 1 fully saturated rings. The molecule has 4 N–H and O–H groups in total. The summed E-state index contributed by atoms with van der Waals surface area (Å²) >= 11 is 0. The zero-order chi connectivity index (χ0) is 20.8. The average Bonchev–Trinajstić information content (AvgIpc) is 3.04. The van der Waals surface area contributed by atoms with Gasteiger partial charge in [0.15, 0.2) is 0 Å². The molecule has 6 nitrogen and oxygen atoms in total. The fraction of sp³-hybridized carbons (Fsp3) is 0.591. The topological polar surface area (TPSA) is 107 Å². The number of aliphatic hydroxyl groups excluding tert-OH is 3. The summed E-state index contributed by atoms with van der Waals surface area (Å²) in [6, 6.07) is 0. The first-order chi connectivity index (χ1) is 13.4. The van der Waals surface area contributed by atoms with Gasteiger partial charge in [0, 0.05) is 12.8 Å². The van der Waals surface area contributed by atoms with Crippen molar-refractivity contribution < 1.29 is 30.0 Å². The van der Waals surface area contributed by atoms with E-state index in [4.69, 9.17) is 9.84 Å². The highest BCUT2D eigenvalue weighted by Crippen LogP contribution is 2.25. The van der Waals surface area contributed by atoms with Gasteiger partial charge in [0.05, 0.1) is 24.4 Å². The number of aliphatic carboxylic acids is 1. The van der Waals surface area contributed by atoms with Crippen molar-refractivity contribution in [1.82, 2.24) is 0 Å². The Labute approximate surface area is 167 Å². The third-order valence-electron chi connectivity index (χ3n) is 4.45. The van der Waals surface area contributed by atoms with Gasteiger partial charge in [0.2, 0.25) is 0 Å². The van der Waals surface area contributed by atoms with Crippen LogP contribution in [0.3, 0.4) is 0 Å². The minimum Gasteiger partial charge on any atom is -0.481 e. The quantitative estimate of drug-likeness (QED) is 0.358. The molecule has 5 atom stereocenters. The van der Waals surface area contributed by atoms with Gasteiger partial charge in [-0.15, -0.1) is 0 Å². The van der Waals surface area contributed by atoms with E-state index in [1.54, 1.807) is 0 Å². The molecule has 0 aliphatic carbocycles. The maximum atomic E-state index is 10.5. The molecule has 1 aliphatic heterocycles. The molecule has 0 radical (unpaired) electrons. The summed E-state index contributed by atoms with van der Waals surface area (Å²) in [5.74, 6) is -0.968. The van der Waals surface area contributed by atoms with Crippen molar-refractivity contribution in [1.29, 1.82) is 0 Å². The summed E-state index contributed by atoms with van der Waals surface area (Å²) in [5, 5.41) is 38.6. The van der Waals surface area contributed by atoms with E-state index >= 15 is 0 Å². The molecule has 0 saturated carbocycles. The molecule has 28 heavy (non-hydrogen) atoms. The second-order valence-electron chi connectivity index (χ2n) is 6.92. The van der Waals surface area contributed by atoms with Gasteiger partial charge in [-0.25, -0.2) is 0 Å². The maximum Gasteiger partial charge on any atom is 0.303 e. The second-order valence-corrected chi connectivity index (χ2v) is 6.92. The van der Waals surface area contributed by atoms with Gasteiger partial charge in [0.1, 0.15) is 6.10 Å². The van der Waals surface area contributed by atoms with E-state index in [0.29, 0.717) is 12.8 Å². The Bertz CT molecular complexity index is 551. The molecule has 0 spiro atoms. The lowest BCUT2D eigenvalue weighted by atomic mass is 10.0. The smallest absolute Gasteiger partial charge is 0.303 e. The fourth-order valence-electron chi connectivity index (χ4n) is 2.84. The second kappa shape index (κ2) is 14.3. The number of carboxylic acids is 1. The Morgan fingerprint density at radius 2 is 1.75 bits per heavy atom. The van der Waals surface area contributed by atoms with E-state index in [2.05, 4.69) is 31.2 Å². The van der Waals surface area contributed by atoms with Crippen LogP contribution in [0.15, 0.2) is 48.6 Å². The van der Waals surface area contributed by atoms with Crippen LogP contribution in [0, 0.1) is 0 Å². The minimum atomic E-state index is -0.968. The predicted molar refractivity (Wildman–Crippen MR) is 109 cm³/mol. The van der Waals surface area contributed by atoms with Gasteiger partial charge in [-0.2, -0.15) is 0 Å². The summed E-state index contributed by atoms with van der Waals surface area (Å²) in [6.45, 7) is 2.10. The first kappa shape index (κ1) is 24.3. The normalized spacial score (nSPS) is 25.5. The van der Waals surface area contributed by atoms with Crippen molar-refractivity contribution in [3.8, 4) is 0 Å². The SMILES string of the molecule is CC/C=C\C/C=C\C/C=C\C[C@H](O)[C@H]1C[C@H](O)[C@@H](/C=C/[C@H](O)CCC(=O)O)O1. The average molecular weight is 395 g/mol. The number of hydrogen-bond acceptors (Lipinski definition) is 5. The minimum absolute atomic E-state index is 0.106. The molecule has 158 valence electrons. The first-order valence-corrected chi connectivity index (χ1v) is 9.98. The van der Waals surface area contributed by atoms with Crippen molar-refractivity contribution in [2.75, 3.05) is 0 Å². The largest absolute Gasteiger partial charge is 0.481 e. The first-order valence-electron chi connectivity index (χ1n) is 9.98. The Hall–Kier alpha value is -1.73. The highest BCUT2D eigenvalue weighted by molar-refractivity contribution is 5.66. The van der Waals surface area contributed by atoms with Crippen LogP contribution in [0.25, 0.3) is 0 Å². The molecule has 0 aromatic heterocycles. The summed E-state index contributed by atoms with van der Waals surface area (Å²) in [5.41, 5.74) is 0. The molecular formula is C22H34O6. The van der Waals surface area contributed by atoms with Crippen LogP contribution in [0.5, 0.6) is 0 Å². The van der Waals surface area contributed by atoms with Crippen molar-refractivity contribution >= 4 is 5.97 Å². The number of rotatable bonds is 13. The molecule has 0 unspecified atom stereocenters. The maximum absolute atomic E-state index is 10.5. The van der Waals surface area contributed by atoms with Gasteiger partial charge in [0.25, 0.3) is 0 Å². The molecule has 0 aromatic carbocycles. The molecule has 0 amide bonds. The van der Waals surface area contributed by atoms with Crippen molar-refractivity contribution in [3.05, 3.63) is 48.6 Å². The number of carboxylic acid groups (broad SMARTS) is 1. The zero-order valence-corrected chi connectivity index (χ0v) is 16.6. The molecule has 6 heteroatoms. The third kappa shape index (κ3) is 10.6. The number of allylic oxidation sites excluding steroid dienone is 5. The summed E-state index contributed by atoms with van der Waals surface area (Å²) in [4.78, 5) is 10.5. The fourth-order valence-corrected chi connectivity index (χ4v) is 2.84. The van der Waals surface area contributed by atoms with E-state index in [9.17, 15) is 20.1 Å². The van der Waals surface area contributed by atoms with Crippen molar-refractivity contribution in [2.45, 2.75) is 82.4 Å².